The monoisotopic (exact) mass is 323 g/mol. The molecule has 0 unspecified atom stereocenters. The molecule has 1 heterocycles. The topological polar surface area (TPSA) is 50.7 Å². The maximum atomic E-state index is 9.65. The lowest BCUT2D eigenvalue weighted by molar-refractivity contribution is 0.00578. The lowest BCUT2D eigenvalue weighted by Crippen LogP contribution is -2.41. The molecular formula is C16H23BClNO3. The van der Waals surface area contributed by atoms with Crippen LogP contribution in [0.2, 0.25) is 5.02 Å². The van der Waals surface area contributed by atoms with E-state index in [1.54, 1.807) is 18.2 Å². The minimum absolute atomic E-state index is 0.174. The summed E-state index contributed by atoms with van der Waals surface area (Å²) in [5.41, 5.74) is 0.871. The van der Waals surface area contributed by atoms with Gasteiger partial charge in [0.1, 0.15) is 5.75 Å². The van der Waals surface area contributed by atoms with Crippen LogP contribution in [0.1, 0.15) is 33.3 Å². The Morgan fingerprint density at radius 3 is 2.41 bits per heavy atom. The average Bonchev–Trinajstić information content (AvgIpc) is 2.62. The van der Waals surface area contributed by atoms with Gasteiger partial charge in [-0.1, -0.05) is 17.7 Å². The van der Waals surface area contributed by atoms with Crippen molar-refractivity contribution in [1.29, 1.82) is 0 Å². The number of rotatable bonds is 4. The maximum Gasteiger partial charge on any atom is 0.491 e. The fourth-order valence-corrected chi connectivity index (χ4v) is 2.41. The zero-order chi connectivity index (χ0) is 16.5. The molecule has 0 aliphatic carbocycles. The Labute approximate surface area is 137 Å². The van der Waals surface area contributed by atoms with Crippen molar-refractivity contribution in [1.82, 2.24) is 5.32 Å². The third-order valence-electron chi connectivity index (χ3n) is 4.26. The maximum absolute atomic E-state index is 9.65. The predicted molar refractivity (Wildman–Crippen MR) is 91.1 cm³/mol. The smallest absolute Gasteiger partial charge is 0.491 e. The van der Waals surface area contributed by atoms with Crippen LogP contribution in [-0.4, -0.2) is 37.0 Å². The molecule has 0 bridgehead atoms. The molecule has 0 spiro atoms. The highest BCUT2D eigenvalue weighted by molar-refractivity contribution is 6.56. The highest BCUT2D eigenvalue weighted by Crippen LogP contribution is 2.39. The van der Waals surface area contributed by atoms with Crippen LogP contribution < -0.4 is 5.32 Å². The first-order valence-corrected chi connectivity index (χ1v) is 7.73. The van der Waals surface area contributed by atoms with Gasteiger partial charge in [-0.15, -0.1) is 0 Å². The first-order valence-electron chi connectivity index (χ1n) is 7.35. The molecule has 1 aliphatic rings. The summed E-state index contributed by atoms with van der Waals surface area (Å²) >= 11 is 6.20. The number of hydrogen-bond acceptors (Lipinski definition) is 4. The fourth-order valence-electron chi connectivity index (χ4n) is 2.24. The summed E-state index contributed by atoms with van der Waals surface area (Å²) < 4.78 is 12.2. The summed E-state index contributed by atoms with van der Waals surface area (Å²) in [6.07, 6.45) is 1.90. The molecule has 4 nitrogen and oxygen atoms in total. The van der Waals surface area contributed by atoms with E-state index in [4.69, 9.17) is 20.9 Å². The molecule has 0 amide bonds. The molecule has 1 fully saturated rings. The minimum atomic E-state index is -0.448. The van der Waals surface area contributed by atoms with E-state index in [-0.39, 0.29) is 5.75 Å². The SMILES string of the molecule is CNCC(=Cc1cc(O)ccc1Cl)B1OC(C)(C)C(C)(C)O1. The van der Waals surface area contributed by atoms with Crippen molar-refractivity contribution in [2.75, 3.05) is 13.6 Å². The Bertz CT molecular complexity index is 571. The van der Waals surface area contributed by atoms with Gasteiger partial charge in [-0.25, -0.2) is 0 Å². The van der Waals surface area contributed by atoms with Crippen LogP contribution in [0.4, 0.5) is 0 Å². The second-order valence-corrected chi connectivity index (χ2v) is 6.95. The van der Waals surface area contributed by atoms with Gasteiger partial charge >= 0.3 is 7.12 Å². The number of hydrogen-bond donors (Lipinski definition) is 2. The van der Waals surface area contributed by atoms with E-state index in [2.05, 4.69) is 5.32 Å². The number of aromatic hydroxyl groups is 1. The van der Waals surface area contributed by atoms with Gasteiger partial charge in [-0.05, 0) is 64.0 Å². The number of nitrogens with one attached hydrogen (secondary N) is 1. The zero-order valence-corrected chi connectivity index (χ0v) is 14.5. The van der Waals surface area contributed by atoms with Crippen molar-refractivity contribution < 1.29 is 14.4 Å². The lowest BCUT2D eigenvalue weighted by atomic mass is 9.77. The van der Waals surface area contributed by atoms with Crippen LogP contribution in [-0.2, 0) is 9.31 Å². The highest BCUT2D eigenvalue weighted by atomic mass is 35.5. The summed E-state index contributed by atoms with van der Waals surface area (Å²) in [6.45, 7) is 8.68. The van der Waals surface area contributed by atoms with E-state index >= 15 is 0 Å². The van der Waals surface area contributed by atoms with Gasteiger partial charge in [0.25, 0.3) is 0 Å². The van der Waals surface area contributed by atoms with Gasteiger partial charge < -0.3 is 19.7 Å². The number of halogens is 1. The van der Waals surface area contributed by atoms with Crippen molar-refractivity contribution >= 4 is 24.8 Å². The quantitative estimate of drug-likeness (QED) is 0.835. The molecule has 1 aliphatic heterocycles. The van der Waals surface area contributed by atoms with Crippen molar-refractivity contribution in [3.05, 3.63) is 34.3 Å². The summed E-state index contributed by atoms with van der Waals surface area (Å²) in [4.78, 5) is 0. The minimum Gasteiger partial charge on any atom is -0.508 e. The van der Waals surface area contributed by atoms with Crippen molar-refractivity contribution in [2.45, 2.75) is 38.9 Å². The van der Waals surface area contributed by atoms with E-state index < -0.39 is 18.3 Å². The van der Waals surface area contributed by atoms with E-state index in [9.17, 15) is 5.11 Å². The fraction of sp³-hybridized carbons (Fsp3) is 0.500. The normalized spacial score (nSPS) is 20.5. The summed E-state index contributed by atoms with van der Waals surface area (Å²) in [7, 11) is 1.42. The molecule has 1 aromatic rings. The molecule has 1 saturated heterocycles. The predicted octanol–water partition coefficient (Wildman–Crippen LogP) is 3.28. The zero-order valence-electron chi connectivity index (χ0n) is 13.7. The van der Waals surface area contributed by atoms with Gasteiger partial charge in [0.15, 0.2) is 0 Å². The van der Waals surface area contributed by atoms with Gasteiger partial charge in [0.05, 0.1) is 11.2 Å². The molecule has 6 heteroatoms. The number of phenolic OH excluding ortho intramolecular Hbond substituents is 1. The van der Waals surface area contributed by atoms with Crippen LogP contribution in [0.25, 0.3) is 6.08 Å². The van der Waals surface area contributed by atoms with Crippen LogP contribution in [0.5, 0.6) is 5.75 Å². The number of likely N-dealkylation sites (N-methyl/N-ethyl adjacent to an activating group) is 1. The molecule has 0 aromatic heterocycles. The van der Waals surface area contributed by atoms with Crippen LogP contribution in [0.3, 0.4) is 0 Å². The highest BCUT2D eigenvalue weighted by Gasteiger charge is 2.52. The molecule has 22 heavy (non-hydrogen) atoms. The lowest BCUT2D eigenvalue weighted by Gasteiger charge is -2.32. The second-order valence-electron chi connectivity index (χ2n) is 6.54. The van der Waals surface area contributed by atoms with Crippen molar-refractivity contribution in [2.24, 2.45) is 0 Å². The Morgan fingerprint density at radius 2 is 1.86 bits per heavy atom. The van der Waals surface area contributed by atoms with Crippen LogP contribution >= 0.6 is 11.6 Å². The third kappa shape index (κ3) is 3.49. The molecule has 0 radical (unpaired) electrons. The summed E-state index contributed by atoms with van der Waals surface area (Å²) in [5, 5.41) is 13.3. The Balaban J connectivity index is 2.35. The first kappa shape index (κ1) is 17.4. The molecule has 2 N–H and O–H groups in total. The average molecular weight is 324 g/mol. The van der Waals surface area contributed by atoms with Gasteiger partial charge in [0.2, 0.25) is 0 Å². The van der Waals surface area contributed by atoms with E-state index in [1.807, 2.05) is 40.8 Å². The molecule has 2 rings (SSSR count). The first-order chi connectivity index (χ1) is 10.2. The molecule has 1 aromatic carbocycles. The van der Waals surface area contributed by atoms with Crippen LogP contribution in [0.15, 0.2) is 23.7 Å². The largest absolute Gasteiger partial charge is 0.508 e. The summed E-state index contributed by atoms with van der Waals surface area (Å²) in [5.74, 6) is 0.174. The Morgan fingerprint density at radius 1 is 1.27 bits per heavy atom. The van der Waals surface area contributed by atoms with Gasteiger partial charge in [-0.2, -0.15) is 0 Å². The van der Waals surface area contributed by atoms with Gasteiger partial charge in [-0.3, -0.25) is 0 Å². The van der Waals surface area contributed by atoms with Crippen molar-refractivity contribution in [3.63, 3.8) is 0 Å². The van der Waals surface area contributed by atoms with Gasteiger partial charge in [0, 0.05) is 11.6 Å². The Kier molecular flexibility index (Phi) is 4.92. The van der Waals surface area contributed by atoms with E-state index in [0.29, 0.717) is 11.6 Å². The molecule has 120 valence electrons. The van der Waals surface area contributed by atoms with Crippen molar-refractivity contribution in [3.8, 4) is 5.75 Å². The molecule has 0 atom stereocenters. The van der Waals surface area contributed by atoms with Crippen LogP contribution in [0, 0.1) is 0 Å². The molecular weight excluding hydrogens is 300 g/mol. The second kappa shape index (κ2) is 6.24. The summed E-state index contributed by atoms with van der Waals surface area (Å²) in [6, 6.07) is 4.86. The molecule has 0 saturated carbocycles. The Hall–Kier alpha value is -1.01. The standard InChI is InChI=1S/C16H23BClNO3/c1-15(2)16(3,4)22-17(21-15)12(10-19-5)8-11-9-13(20)6-7-14(11)18/h6-9,19-20H,10H2,1-5H3. The number of phenols is 1. The van der Waals surface area contributed by atoms with E-state index in [0.717, 1.165) is 11.0 Å². The number of benzene rings is 1. The van der Waals surface area contributed by atoms with E-state index in [1.165, 1.54) is 0 Å². The third-order valence-corrected chi connectivity index (χ3v) is 4.60.